The molecule has 1 aromatic heterocycles. The van der Waals surface area contributed by atoms with Crippen LogP contribution in [-0.2, 0) is 13.6 Å². The fraction of sp³-hybridized carbons (Fsp3) is 0.250. The number of hydrogen-bond acceptors (Lipinski definition) is 1. The van der Waals surface area contributed by atoms with Crippen LogP contribution in [0.25, 0.3) is 6.08 Å². The van der Waals surface area contributed by atoms with Gasteiger partial charge in [0.25, 0.3) is 0 Å². The van der Waals surface area contributed by atoms with Gasteiger partial charge in [-0.2, -0.15) is 0 Å². The van der Waals surface area contributed by atoms with Gasteiger partial charge < -0.3 is 9.88 Å². The average Bonchev–Trinajstić information content (AvgIpc) is 2.34. The van der Waals surface area contributed by atoms with Gasteiger partial charge in [0.2, 0.25) is 0 Å². The summed E-state index contributed by atoms with van der Waals surface area (Å²) in [5.41, 5.74) is 2.70. The second-order valence-corrected chi connectivity index (χ2v) is 2.55. The maximum absolute atomic E-state index is 3.16. The monoisotopic (exact) mass is 134 g/mol. The van der Waals surface area contributed by atoms with Crippen molar-refractivity contribution in [2.75, 3.05) is 0 Å². The molecule has 2 heteroatoms. The van der Waals surface area contributed by atoms with Gasteiger partial charge in [0.15, 0.2) is 0 Å². The maximum atomic E-state index is 3.16. The van der Waals surface area contributed by atoms with Crippen LogP contribution in [0.2, 0.25) is 0 Å². The van der Waals surface area contributed by atoms with Crippen molar-refractivity contribution < 1.29 is 0 Å². The zero-order valence-corrected chi connectivity index (χ0v) is 5.96. The van der Waals surface area contributed by atoms with E-state index in [0.717, 1.165) is 6.54 Å². The Morgan fingerprint density at radius 3 is 3.30 bits per heavy atom. The lowest BCUT2D eigenvalue weighted by atomic mass is 10.2. The Hall–Kier alpha value is -1.18. The van der Waals surface area contributed by atoms with E-state index in [4.69, 9.17) is 0 Å². The largest absolute Gasteiger partial charge is 0.387 e. The highest BCUT2D eigenvalue weighted by Crippen LogP contribution is 2.13. The maximum Gasteiger partial charge on any atom is 0.0469 e. The number of fused-ring (bicyclic) bond motifs is 1. The summed E-state index contributed by atoms with van der Waals surface area (Å²) < 4.78 is 2.13. The molecule has 0 aromatic carbocycles. The Morgan fingerprint density at radius 1 is 1.60 bits per heavy atom. The molecule has 0 fully saturated rings. The first-order valence-corrected chi connectivity index (χ1v) is 3.42. The predicted molar refractivity (Wildman–Crippen MR) is 41.3 cm³/mol. The lowest BCUT2D eigenvalue weighted by molar-refractivity contribution is 0.831. The zero-order chi connectivity index (χ0) is 6.97. The number of nitrogens with one attached hydrogen (secondary N) is 1. The van der Waals surface area contributed by atoms with Gasteiger partial charge in [0.05, 0.1) is 0 Å². The average molecular weight is 134 g/mol. The van der Waals surface area contributed by atoms with Crippen molar-refractivity contribution in [3.05, 3.63) is 29.7 Å². The molecule has 0 amide bonds. The molecule has 0 bridgehead atoms. The highest BCUT2D eigenvalue weighted by molar-refractivity contribution is 5.52. The van der Waals surface area contributed by atoms with Crippen LogP contribution in [0.4, 0.5) is 0 Å². The normalized spacial score (nSPS) is 14.5. The second kappa shape index (κ2) is 1.90. The third kappa shape index (κ3) is 0.652. The van der Waals surface area contributed by atoms with E-state index in [1.165, 1.54) is 11.3 Å². The molecule has 0 atom stereocenters. The predicted octanol–water partition coefficient (Wildman–Crippen LogP) is 1.10. The van der Waals surface area contributed by atoms with Gasteiger partial charge in [-0.15, -0.1) is 0 Å². The molecule has 2 nitrogen and oxygen atoms in total. The van der Waals surface area contributed by atoms with Crippen molar-refractivity contribution >= 4 is 6.08 Å². The van der Waals surface area contributed by atoms with Crippen LogP contribution in [0.3, 0.4) is 0 Å². The first-order valence-electron chi connectivity index (χ1n) is 3.42. The summed E-state index contributed by atoms with van der Waals surface area (Å²) >= 11 is 0. The molecular weight excluding hydrogens is 124 g/mol. The minimum atomic E-state index is 0.965. The fourth-order valence-electron chi connectivity index (χ4n) is 1.27. The van der Waals surface area contributed by atoms with Gasteiger partial charge in [0.1, 0.15) is 0 Å². The first-order chi connectivity index (χ1) is 4.88. The number of aryl methyl sites for hydroxylation is 1. The molecular formula is C8H10N2. The summed E-state index contributed by atoms with van der Waals surface area (Å²) in [6.45, 7) is 0.965. The van der Waals surface area contributed by atoms with Crippen LogP contribution in [-0.4, -0.2) is 4.57 Å². The molecule has 0 radical (unpaired) electrons. The van der Waals surface area contributed by atoms with Crippen molar-refractivity contribution in [3.63, 3.8) is 0 Å². The highest BCUT2D eigenvalue weighted by atomic mass is 15.0. The second-order valence-electron chi connectivity index (χ2n) is 2.55. The van der Waals surface area contributed by atoms with Crippen molar-refractivity contribution in [3.8, 4) is 0 Å². The molecule has 0 spiro atoms. The smallest absolute Gasteiger partial charge is 0.0469 e. The van der Waals surface area contributed by atoms with Gasteiger partial charge >= 0.3 is 0 Å². The van der Waals surface area contributed by atoms with Crippen LogP contribution in [0.15, 0.2) is 18.5 Å². The molecule has 2 heterocycles. The highest BCUT2D eigenvalue weighted by Gasteiger charge is 2.05. The first kappa shape index (κ1) is 5.59. The minimum Gasteiger partial charge on any atom is -0.387 e. The summed E-state index contributed by atoms with van der Waals surface area (Å²) in [6, 6.07) is 2.14. The van der Waals surface area contributed by atoms with E-state index in [0.29, 0.717) is 0 Å². The molecule has 0 saturated heterocycles. The number of nitrogens with zero attached hydrogens (tertiary/aromatic N) is 1. The number of aromatic nitrogens is 1. The molecule has 0 saturated carbocycles. The molecule has 0 unspecified atom stereocenters. The lowest BCUT2D eigenvalue weighted by Crippen LogP contribution is -2.09. The van der Waals surface area contributed by atoms with Gasteiger partial charge in [-0.25, -0.2) is 0 Å². The van der Waals surface area contributed by atoms with Gasteiger partial charge in [-0.05, 0) is 23.9 Å². The molecule has 1 N–H and O–H groups in total. The van der Waals surface area contributed by atoms with Crippen LogP contribution >= 0.6 is 0 Å². The third-order valence-electron chi connectivity index (χ3n) is 1.86. The standard InChI is InChI=1S/C8H10N2/c1-10-5-3-7-6-9-4-2-8(7)10/h2-5,9H,6H2,1H3. The summed E-state index contributed by atoms with van der Waals surface area (Å²) in [5, 5.41) is 3.16. The third-order valence-corrected chi connectivity index (χ3v) is 1.86. The van der Waals surface area contributed by atoms with E-state index in [-0.39, 0.29) is 0 Å². The minimum absolute atomic E-state index is 0.965. The lowest BCUT2D eigenvalue weighted by Gasteiger charge is -2.08. The number of hydrogen-bond donors (Lipinski definition) is 1. The van der Waals surface area contributed by atoms with E-state index in [9.17, 15) is 0 Å². The fourth-order valence-corrected chi connectivity index (χ4v) is 1.27. The van der Waals surface area contributed by atoms with Gasteiger partial charge in [0, 0.05) is 25.5 Å². The van der Waals surface area contributed by atoms with E-state index >= 15 is 0 Å². The summed E-state index contributed by atoms with van der Waals surface area (Å²) in [7, 11) is 2.06. The van der Waals surface area contributed by atoms with E-state index in [2.05, 4.69) is 35.3 Å². The molecule has 1 aliphatic heterocycles. The molecule has 10 heavy (non-hydrogen) atoms. The van der Waals surface area contributed by atoms with Crippen LogP contribution < -0.4 is 5.32 Å². The Bertz CT molecular complexity index is 271. The topological polar surface area (TPSA) is 17.0 Å². The van der Waals surface area contributed by atoms with Crippen molar-refractivity contribution in [2.45, 2.75) is 6.54 Å². The Balaban J connectivity index is 2.57. The molecule has 1 aromatic rings. The van der Waals surface area contributed by atoms with Crippen LogP contribution in [0, 0.1) is 0 Å². The molecule has 0 aliphatic carbocycles. The van der Waals surface area contributed by atoms with Crippen LogP contribution in [0.1, 0.15) is 11.3 Å². The van der Waals surface area contributed by atoms with E-state index < -0.39 is 0 Å². The Kier molecular flexibility index (Phi) is 1.07. The zero-order valence-electron chi connectivity index (χ0n) is 5.96. The molecule has 1 aliphatic rings. The van der Waals surface area contributed by atoms with Gasteiger partial charge in [-0.3, -0.25) is 0 Å². The Labute approximate surface area is 60.2 Å². The number of rotatable bonds is 0. The van der Waals surface area contributed by atoms with Crippen molar-refractivity contribution in [1.29, 1.82) is 0 Å². The van der Waals surface area contributed by atoms with Gasteiger partial charge in [-0.1, -0.05) is 0 Å². The summed E-state index contributed by atoms with van der Waals surface area (Å²) in [4.78, 5) is 0. The van der Waals surface area contributed by atoms with E-state index in [1.807, 2.05) is 6.20 Å². The Morgan fingerprint density at radius 2 is 2.50 bits per heavy atom. The van der Waals surface area contributed by atoms with Crippen LogP contribution in [0.5, 0.6) is 0 Å². The van der Waals surface area contributed by atoms with Crippen molar-refractivity contribution in [1.82, 2.24) is 9.88 Å². The molecule has 2 rings (SSSR count). The SMILES string of the molecule is Cn1ccc2c1C=CNC2. The summed E-state index contributed by atoms with van der Waals surface area (Å²) in [6.07, 6.45) is 6.17. The van der Waals surface area contributed by atoms with E-state index in [1.54, 1.807) is 0 Å². The van der Waals surface area contributed by atoms with Crippen molar-refractivity contribution in [2.24, 2.45) is 7.05 Å². The quantitative estimate of drug-likeness (QED) is 0.562. The summed E-state index contributed by atoms with van der Waals surface area (Å²) in [5.74, 6) is 0. The molecule has 52 valence electrons.